The van der Waals surface area contributed by atoms with Crippen LogP contribution in [0.4, 0.5) is 0 Å². The van der Waals surface area contributed by atoms with Crippen molar-refractivity contribution < 1.29 is 9.59 Å². The Labute approximate surface area is 131 Å². The molecule has 5 heteroatoms. The molecule has 1 heterocycles. The highest BCUT2D eigenvalue weighted by molar-refractivity contribution is 5.93. The first-order valence-corrected chi connectivity index (χ1v) is 7.84. The van der Waals surface area contributed by atoms with Gasteiger partial charge in [-0.05, 0) is 30.7 Å². The van der Waals surface area contributed by atoms with E-state index >= 15 is 0 Å². The number of rotatable bonds is 4. The van der Waals surface area contributed by atoms with Gasteiger partial charge in [-0.2, -0.15) is 0 Å². The molecule has 0 aliphatic carbocycles. The minimum atomic E-state index is -1.15. The minimum Gasteiger partial charge on any atom is -0.367 e. The highest BCUT2D eigenvalue weighted by Gasteiger charge is 2.50. The molecule has 2 rings (SSSR count). The van der Waals surface area contributed by atoms with Crippen molar-refractivity contribution >= 4 is 11.8 Å². The topological polar surface area (TPSA) is 89.4 Å². The number of amides is 2. The van der Waals surface area contributed by atoms with E-state index in [1.807, 2.05) is 44.2 Å². The zero-order valence-corrected chi connectivity index (χ0v) is 13.3. The summed E-state index contributed by atoms with van der Waals surface area (Å²) >= 11 is 0. The average molecular weight is 303 g/mol. The summed E-state index contributed by atoms with van der Waals surface area (Å²) in [6.45, 7) is 4.34. The van der Waals surface area contributed by atoms with Gasteiger partial charge < -0.3 is 16.4 Å². The lowest BCUT2D eigenvalue weighted by atomic mass is 9.77. The van der Waals surface area contributed by atoms with Gasteiger partial charge in [-0.15, -0.1) is 0 Å². The largest absolute Gasteiger partial charge is 0.367 e. The third-order valence-electron chi connectivity index (χ3n) is 4.58. The Kier molecular flexibility index (Phi) is 4.86. The summed E-state index contributed by atoms with van der Waals surface area (Å²) in [6.07, 6.45) is 2.36. The van der Waals surface area contributed by atoms with E-state index in [0.29, 0.717) is 13.0 Å². The molecule has 1 aromatic rings. The highest BCUT2D eigenvalue weighted by atomic mass is 16.2. The molecule has 0 radical (unpaired) electrons. The maximum atomic E-state index is 12.8. The van der Waals surface area contributed by atoms with Crippen LogP contribution in [-0.4, -0.2) is 29.3 Å². The molecular formula is C17H25N3O2. The lowest BCUT2D eigenvalue weighted by Crippen LogP contribution is -2.62. The maximum Gasteiger partial charge on any atom is 0.248 e. The van der Waals surface area contributed by atoms with Crippen LogP contribution in [0.1, 0.15) is 38.7 Å². The van der Waals surface area contributed by atoms with E-state index in [-0.39, 0.29) is 11.8 Å². The first-order chi connectivity index (χ1) is 10.4. The standard InChI is InChI=1S/C17H25N3O2/c1-12(2)17(16(19)22,13-8-4-3-5-9-13)20-11-7-6-10-14(18)15(20)21/h3-5,8-9,12,14H,6-7,10-11,18H2,1-2H3,(H2,19,22). The first-order valence-electron chi connectivity index (χ1n) is 7.84. The van der Waals surface area contributed by atoms with E-state index in [2.05, 4.69) is 0 Å². The van der Waals surface area contributed by atoms with Gasteiger partial charge in [-0.3, -0.25) is 9.59 Å². The monoisotopic (exact) mass is 303 g/mol. The molecule has 0 aromatic heterocycles. The van der Waals surface area contributed by atoms with E-state index in [0.717, 1.165) is 18.4 Å². The van der Waals surface area contributed by atoms with Crippen LogP contribution in [0.5, 0.6) is 0 Å². The molecule has 5 nitrogen and oxygen atoms in total. The summed E-state index contributed by atoms with van der Waals surface area (Å²) in [5, 5.41) is 0. The van der Waals surface area contributed by atoms with Crippen molar-refractivity contribution in [2.75, 3.05) is 6.54 Å². The van der Waals surface area contributed by atoms with Crippen LogP contribution in [0.3, 0.4) is 0 Å². The summed E-state index contributed by atoms with van der Waals surface area (Å²) in [5.74, 6) is -0.841. The first kappa shape index (κ1) is 16.5. The van der Waals surface area contributed by atoms with Gasteiger partial charge in [0.1, 0.15) is 5.54 Å². The van der Waals surface area contributed by atoms with Gasteiger partial charge in [0.15, 0.2) is 0 Å². The zero-order chi connectivity index (χ0) is 16.3. The van der Waals surface area contributed by atoms with E-state index in [4.69, 9.17) is 11.5 Å². The molecule has 4 N–H and O–H groups in total. The fraction of sp³-hybridized carbons (Fsp3) is 0.529. The van der Waals surface area contributed by atoms with Crippen molar-refractivity contribution in [1.29, 1.82) is 0 Å². The Bertz CT molecular complexity index is 544. The molecule has 120 valence electrons. The number of nitrogens with zero attached hydrogens (tertiary/aromatic N) is 1. The second kappa shape index (κ2) is 6.48. The van der Waals surface area contributed by atoms with E-state index < -0.39 is 17.5 Å². The van der Waals surface area contributed by atoms with Crippen LogP contribution in [0, 0.1) is 5.92 Å². The second-order valence-corrected chi connectivity index (χ2v) is 6.24. The van der Waals surface area contributed by atoms with Crippen LogP contribution in [-0.2, 0) is 15.1 Å². The summed E-state index contributed by atoms with van der Waals surface area (Å²) in [4.78, 5) is 26.9. The normalized spacial score (nSPS) is 22.3. The number of carbonyl (C=O) groups excluding carboxylic acids is 2. The van der Waals surface area contributed by atoms with Gasteiger partial charge in [-0.25, -0.2) is 0 Å². The number of hydrogen-bond acceptors (Lipinski definition) is 3. The van der Waals surface area contributed by atoms with Crippen LogP contribution in [0.15, 0.2) is 30.3 Å². The third-order valence-corrected chi connectivity index (χ3v) is 4.58. The van der Waals surface area contributed by atoms with Gasteiger partial charge in [0.2, 0.25) is 11.8 Å². The predicted molar refractivity (Wildman–Crippen MR) is 85.7 cm³/mol. The van der Waals surface area contributed by atoms with Crippen molar-refractivity contribution in [2.45, 2.75) is 44.7 Å². The van der Waals surface area contributed by atoms with Crippen LogP contribution in [0.25, 0.3) is 0 Å². The molecular weight excluding hydrogens is 278 g/mol. The van der Waals surface area contributed by atoms with Crippen molar-refractivity contribution in [3.63, 3.8) is 0 Å². The van der Waals surface area contributed by atoms with E-state index in [1.54, 1.807) is 4.90 Å². The van der Waals surface area contributed by atoms with Crippen molar-refractivity contribution in [3.05, 3.63) is 35.9 Å². The van der Waals surface area contributed by atoms with E-state index in [1.165, 1.54) is 0 Å². The van der Waals surface area contributed by atoms with Gasteiger partial charge in [0.05, 0.1) is 6.04 Å². The Morgan fingerprint density at radius 2 is 1.91 bits per heavy atom. The Morgan fingerprint density at radius 1 is 1.27 bits per heavy atom. The lowest BCUT2D eigenvalue weighted by molar-refractivity contribution is -0.151. The number of primary amides is 1. The summed E-state index contributed by atoms with van der Waals surface area (Å²) in [7, 11) is 0. The predicted octanol–water partition coefficient (Wildman–Crippen LogP) is 1.36. The van der Waals surface area contributed by atoms with Crippen LogP contribution < -0.4 is 11.5 Å². The Morgan fingerprint density at radius 3 is 2.45 bits per heavy atom. The molecule has 1 aliphatic rings. The third kappa shape index (κ3) is 2.61. The molecule has 1 saturated heterocycles. The minimum absolute atomic E-state index is 0.151. The fourth-order valence-corrected chi connectivity index (χ4v) is 3.47. The quantitative estimate of drug-likeness (QED) is 0.880. The number of carbonyl (C=O) groups is 2. The van der Waals surface area contributed by atoms with Gasteiger partial charge in [0.25, 0.3) is 0 Å². The SMILES string of the molecule is CC(C)C(C(N)=O)(c1ccccc1)N1CCCCC(N)C1=O. The molecule has 0 saturated carbocycles. The summed E-state index contributed by atoms with van der Waals surface area (Å²) in [6, 6.07) is 8.74. The molecule has 22 heavy (non-hydrogen) atoms. The van der Waals surface area contributed by atoms with Gasteiger partial charge in [0, 0.05) is 6.54 Å². The molecule has 2 atom stereocenters. The van der Waals surface area contributed by atoms with Crippen molar-refractivity contribution in [3.8, 4) is 0 Å². The van der Waals surface area contributed by atoms with E-state index in [9.17, 15) is 9.59 Å². The smallest absolute Gasteiger partial charge is 0.248 e. The molecule has 0 spiro atoms. The number of likely N-dealkylation sites (tertiary alicyclic amines) is 1. The van der Waals surface area contributed by atoms with Crippen molar-refractivity contribution in [2.24, 2.45) is 17.4 Å². The number of nitrogens with two attached hydrogens (primary N) is 2. The second-order valence-electron chi connectivity index (χ2n) is 6.24. The number of hydrogen-bond donors (Lipinski definition) is 2. The molecule has 1 aromatic carbocycles. The van der Waals surface area contributed by atoms with Crippen LogP contribution >= 0.6 is 0 Å². The zero-order valence-electron chi connectivity index (χ0n) is 13.3. The molecule has 0 bridgehead atoms. The summed E-state index contributed by atoms with van der Waals surface area (Å²) in [5.41, 5.74) is 11.4. The van der Waals surface area contributed by atoms with Crippen molar-refractivity contribution in [1.82, 2.24) is 4.90 Å². The summed E-state index contributed by atoms with van der Waals surface area (Å²) < 4.78 is 0. The van der Waals surface area contributed by atoms with Crippen LogP contribution in [0.2, 0.25) is 0 Å². The Hall–Kier alpha value is -1.88. The maximum absolute atomic E-state index is 12.8. The van der Waals surface area contributed by atoms with Gasteiger partial charge >= 0.3 is 0 Å². The molecule has 1 fully saturated rings. The average Bonchev–Trinajstić information content (AvgIpc) is 2.64. The number of benzene rings is 1. The lowest BCUT2D eigenvalue weighted by Gasteiger charge is -2.45. The van der Waals surface area contributed by atoms with Gasteiger partial charge in [-0.1, -0.05) is 44.2 Å². The highest BCUT2D eigenvalue weighted by Crippen LogP contribution is 2.37. The Balaban J connectivity index is 2.62. The molecule has 1 aliphatic heterocycles. The molecule has 2 amide bonds. The molecule has 2 unspecified atom stereocenters. The fourth-order valence-electron chi connectivity index (χ4n) is 3.47.